The number of nitrogens with zero attached hydrogens (tertiary/aromatic N) is 4. The molecule has 1 aliphatic rings. The van der Waals surface area contributed by atoms with E-state index in [2.05, 4.69) is 27.6 Å². The zero-order chi connectivity index (χ0) is 29.2. The molecule has 1 fully saturated rings. The van der Waals surface area contributed by atoms with Crippen molar-refractivity contribution in [2.45, 2.75) is 12.5 Å². The Morgan fingerprint density at radius 2 is 1.95 bits per heavy atom. The van der Waals surface area contributed by atoms with Crippen LogP contribution in [0.2, 0.25) is 5.02 Å². The number of carboxylic acids is 1. The van der Waals surface area contributed by atoms with Gasteiger partial charge in [-0.05, 0) is 60.9 Å². The number of halogens is 1. The van der Waals surface area contributed by atoms with Crippen LogP contribution in [-0.4, -0.2) is 73.2 Å². The molecule has 0 aromatic heterocycles. The molecule has 210 valence electrons. The number of aromatic carboxylic acids is 1. The number of carbonyl (C=O) groups is 4. The third kappa shape index (κ3) is 8.12. The van der Waals surface area contributed by atoms with Gasteiger partial charge in [-0.2, -0.15) is 5.10 Å². The fourth-order valence-corrected chi connectivity index (χ4v) is 4.10. The molecule has 0 saturated carbocycles. The molecule has 0 radical (unpaired) electrons. The van der Waals surface area contributed by atoms with Gasteiger partial charge in [0.05, 0.1) is 18.4 Å². The van der Waals surface area contributed by atoms with E-state index in [4.69, 9.17) is 27.3 Å². The van der Waals surface area contributed by atoms with Gasteiger partial charge >= 0.3 is 12.1 Å². The second-order valence-corrected chi connectivity index (χ2v) is 9.16. The molecular formula is C26H28ClN7O6. The fourth-order valence-electron chi connectivity index (χ4n) is 3.92. The van der Waals surface area contributed by atoms with Crippen LogP contribution in [0.5, 0.6) is 0 Å². The number of carboxylic acid groups (broad SMARTS) is 1. The third-order valence-corrected chi connectivity index (χ3v) is 6.17. The molecule has 5 N–H and O–H groups in total. The van der Waals surface area contributed by atoms with Gasteiger partial charge < -0.3 is 25.4 Å². The number of ether oxygens (including phenoxy) is 1. The maximum atomic E-state index is 13.1. The van der Waals surface area contributed by atoms with E-state index in [0.717, 1.165) is 0 Å². The summed E-state index contributed by atoms with van der Waals surface area (Å²) in [5.74, 6) is 3.74. The minimum Gasteiger partial charge on any atom is -0.478 e. The summed E-state index contributed by atoms with van der Waals surface area (Å²) < 4.78 is 4.70. The summed E-state index contributed by atoms with van der Waals surface area (Å²) in [5, 5.41) is 23.0. The number of hydrogen-bond acceptors (Lipinski definition) is 8. The molecule has 0 unspecified atom stereocenters. The average molecular weight is 570 g/mol. The van der Waals surface area contributed by atoms with E-state index < -0.39 is 29.9 Å². The minimum atomic E-state index is -1.10. The highest BCUT2D eigenvalue weighted by Crippen LogP contribution is 2.24. The van der Waals surface area contributed by atoms with Gasteiger partial charge in [0.2, 0.25) is 11.8 Å². The van der Waals surface area contributed by atoms with Crippen molar-refractivity contribution in [1.29, 1.82) is 0 Å². The molecule has 0 aliphatic carbocycles. The van der Waals surface area contributed by atoms with Gasteiger partial charge in [-0.3, -0.25) is 14.6 Å². The normalized spacial score (nSPS) is 13.9. The molecule has 0 spiro atoms. The third-order valence-electron chi connectivity index (χ3n) is 5.93. The smallest absolute Gasteiger partial charge is 0.409 e. The highest BCUT2D eigenvalue weighted by Gasteiger charge is 2.35. The van der Waals surface area contributed by atoms with Crippen molar-refractivity contribution in [3.8, 4) is 0 Å². The Bertz CT molecular complexity index is 1330. The largest absolute Gasteiger partial charge is 0.478 e. The maximum absolute atomic E-state index is 13.1. The second-order valence-electron chi connectivity index (χ2n) is 8.73. The van der Waals surface area contributed by atoms with E-state index in [1.807, 2.05) is 0 Å². The lowest BCUT2D eigenvalue weighted by Crippen LogP contribution is -2.54. The molecule has 2 aromatic carbocycles. The van der Waals surface area contributed by atoms with Crippen LogP contribution < -0.4 is 21.5 Å². The minimum absolute atomic E-state index is 0.0587. The Hall–Kier alpha value is -4.75. The molecule has 3 amide bonds. The number of likely N-dealkylation sites (tertiary alicyclic amines) is 1. The quantitative estimate of drug-likeness (QED) is 0.105. The number of anilines is 2. The van der Waals surface area contributed by atoms with Crippen LogP contribution >= 0.6 is 11.6 Å². The predicted octanol–water partition coefficient (Wildman–Crippen LogP) is 2.59. The summed E-state index contributed by atoms with van der Waals surface area (Å²) in [7, 11) is 1.28. The molecule has 13 nitrogen and oxygen atoms in total. The zero-order valence-corrected chi connectivity index (χ0v) is 22.2. The Balaban J connectivity index is 1.75. The van der Waals surface area contributed by atoms with Crippen LogP contribution in [0.3, 0.4) is 0 Å². The standard InChI is InChI=1S/C26H28ClN7O6/c1-29-30-15-34(28)22-9-6-19(27)12-18(22)5-10-23(35)32-21(11-16-13-33(14-16)26(39)40-2)24(36)31-20-7-3-17(4-8-20)25(37)38/h3-10,12,15-16,21H,1,11,13-14,28H2,2H3,(H,31,36)(H,32,35)(H,37,38)/b10-5+,30-15-/t21-/m0/s1. The summed E-state index contributed by atoms with van der Waals surface area (Å²) >= 11 is 6.12. The van der Waals surface area contributed by atoms with Crippen LogP contribution in [0.15, 0.2) is 58.7 Å². The van der Waals surface area contributed by atoms with Gasteiger partial charge in [-0.15, -0.1) is 5.10 Å². The first kappa shape index (κ1) is 29.8. The average Bonchev–Trinajstić information content (AvgIpc) is 2.91. The number of benzene rings is 2. The van der Waals surface area contributed by atoms with Crippen molar-refractivity contribution >= 4 is 66.0 Å². The van der Waals surface area contributed by atoms with E-state index in [1.54, 1.807) is 18.2 Å². The zero-order valence-electron chi connectivity index (χ0n) is 21.5. The van der Waals surface area contributed by atoms with Gasteiger partial charge in [-0.1, -0.05) is 11.6 Å². The van der Waals surface area contributed by atoms with Crippen LogP contribution in [0, 0.1) is 5.92 Å². The number of carbonyl (C=O) groups excluding carboxylic acids is 3. The SMILES string of the molecule is C=N/N=C\N(N)c1ccc(Cl)cc1/C=C/C(=O)N[C@@H](CC1CN(C(=O)OC)C1)C(=O)Nc1ccc(C(=O)O)cc1. The molecule has 1 saturated heterocycles. The molecule has 40 heavy (non-hydrogen) atoms. The van der Waals surface area contributed by atoms with Gasteiger partial charge in [0, 0.05) is 42.2 Å². The van der Waals surface area contributed by atoms with Crippen molar-refractivity contribution in [1.82, 2.24) is 10.2 Å². The molecular weight excluding hydrogens is 542 g/mol. The first-order valence-corrected chi connectivity index (χ1v) is 12.3. The lowest BCUT2D eigenvalue weighted by atomic mass is 9.92. The molecule has 0 bridgehead atoms. The Labute approximate surface area is 234 Å². The summed E-state index contributed by atoms with van der Waals surface area (Å²) in [5.41, 5.74) is 1.39. The highest BCUT2D eigenvalue weighted by molar-refractivity contribution is 6.30. The van der Waals surface area contributed by atoms with Crippen molar-refractivity contribution < 1.29 is 29.0 Å². The molecule has 2 aromatic rings. The van der Waals surface area contributed by atoms with Crippen molar-refractivity contribution in [3.05, 3.63) is 64.7 Å². The topological polar surface area (TPSA) is 179 Å². The fraction of sp³-hybridized carbons (Fsp3) is 0.231. The summed E-state index contributed by atoms with van der Waals surface area (Å²) in [4.78, 5) is 50.3. The van der Waals surface area contributed by atoms with Crippen LogP contribution in [0.4, 0.5) is 16.2 Å². The van der Waals surface area contributed by atoms with Gasteiger partial charge in [0.25, 0.3) is 0 Å². The summed E-state index contributed by atoms with van der Waals surface area (Å²) in [6.45, 7) is 3.99. The second kappa shape index (κ2) is 13.9. The number of rotatable bonds is 11. The Kier molecular flexibility index (Phi) is 10.3. The van der Waals surface area contributed by atoms with Crippen LogP contribution in [0.1, 0.15) is 22.3 Å². The number of methoxy groups -OCH3 is 1. The summed E-state index contributed by atoms with van der Waals surface area (Å²) in [6, 6.07) is 9.49. The number of hydrogen-bond donors (Lipinski definition) is 4. The van der Waals surface area contributed by atoms with E-state index in [-0.39, 0.29) is 17.9 Å². The predicted molar refractivity (Wildman–Crippen MR) is 151 cm³/mol. The van der Waals surface area contributed by atoms with Crippen molar-refractivity contribution in [2.24, 2.45) is 22.0 Å². The molecule has 14 heteroatoms. The van der Waals surface area contributed by atoms with Crippen molar-refractivity contribution in [3.63, 3.8) is 0 Å². The lowest BCUT2D eigenvalue weighted by Gasteiger charge is -2.39. The van der Waals surface area contributed by atoms with Gasteiger partial charge in [0.15, 0.2) is 0 Å². The highest BCUT2D eigenvalue weighted by atomic mass is 35.5. The maximum Gasteiger partial charge on any atom is 0.409 e. The lowest BCUT2D eigenvalue weighted by molar-refractivity contribution is -0.124. The van der Waals surface area contributed by atoms with E-state index in [0.29, 0.717) is 35.1 Å². The monoisotopic (exact) mass is 569 g/mol. The Morgan fingerprint density at radius 3 is 2.58 bits per heavy atom. The van der Waals surface area contributed by atoms with Crippen LogP contribution in [0.25, 0.3) is 6.08 Å². The van der Waals surface area contributed by atoms with E-state index in [1.165, 1.54) is 59.8 Å². The van der Waals surface area contributed by atoms with E-state index >= 15 is 0 Å². The first-order valence-electron chi connectivity index (χ1n) is 11.9. The van der Waals surface area contributed by atoms with Crippen LogP contribution in [-0.2, 0) is 14.3 Å². The number of hydrazine groups is 1. The number of nitrogens with two attached hydrogens (primary N) is 1. The van der Waals surface area contributed by atoms with Crippen molar-refractivity contribution in [2.75, 3.05) is 30.5 Å². The molecule has 1 aliphatic heterocycles. The van der Waals surface area contributed by atoms with Gasteiger partial charge in [0.1, 0.15) is 12.4 Å². The summed E-state index contributed by atoms with van der Waals surface area (Å²) in [6.07, 6.45) is 3.72. The first-order chi connectivity index (χ1) is 19.1. The number of amides is 3. The Morgan fingerprint density at radius 1 is 1.25 bits per heavy atom. The van der Waals surface area contributed by atoms with Gasteiger partial charge in [-0.25, -0.2) is 15.4 Å². The molecule has 3 rings (SSSR count). The molecule has 1 heterocycles. The number of nitrogens with one attached hydrogen (secondary N) is 2. The molecule has 1 atom stereocenters. The van der Waals surface area contributed by atoms with E-state index in [9.17, 15) is 19.2 Å².